The maximum atomic E-state index is 12.9. The smallest absolute Gasteiger partial charge is 0.272 e. The van der Waals surface area contributed by atoms with Crippen LogP contribution in [0.2, 0.25) is 0 Å². The maximum Gasteiger partial charge on any atom is 0.272 e. The number of nitrogens with two attached hydrogens (primary N) is 1. The van der Waals surface area contributed by atoms with Crippen LogP contribution < -0.4 is 11.1 Å². The van der Waals surface area contributed by atoms with Gasteiger partial charge in [0.2, 0.25) is 0 Å². The van der Waals surface area contributed by atoms with Crippen molar-refractivity contribution in [1.29, 1.82) is 0 Å². The lowest BCUT2D eigenvalue weighted by Crippen LogP contribution is -2.59. The average Bonchev–Trinajstić information content (AvgIpc) is 3.29. The minimum atomic E-state index is -0.0674. The van der Waals surface area contributed by atoms with E-state index < -0.39 is 0 Å². The van der Waals surface area contributed by atoms with E-state index in [0.29, 0.717) is 42.2 Å². The number of hydrogen-bond donors (Lipinski definition) is 2. The fraction of sp³-hybridized carbons (Fsp3) is 0.280. The number of nitrogen functional groups attached to an aromatic ring is 1. The van der Waals surface area contributed by atoms with Crippen LogP contribution in [0.15, 0.2) is 55.0 Å². The molecule has 168 valence electrons. The number of carbonyl (C=O) groups excluding carboxylic acids is 1. The lowest BCUT2D eigenvalue weighted by molar-refractivity contribution is 0.0571. The predicted octanol–water partition coefficient (Wildman–Crippen LogP) is 3.37. The summed E-state index contributed by atoms with van der Waals surface area (Å²) in [6, 6.07) is 12.4. The molecule has 0 aliphatic carbocycles. The summed E-state index contributed by atoms with van der Waals surface area (Å²) in [7, 11) is 1.91. The van der Waals surface area contributed by atoms with Crippen molar-refractivity contribution in [3.8, 4) is 22.3 Å². The third-order valence-corrected chi connectivity index (χ3v) is 6.22. The van der Waals surface area contributed by atoms with Gasteiger partial charge in [0, 0.05) is 54.1 Å². The molecular formula is C25H27N7O. The molecule has 4 heterocycles. The molecule has 1 aromatic carbocycles. The number of hydrogen-bond acceptors (Lipinski definition) is 6. The summed E-state index contributed by atoms with van der Waals surface area (Å²) in [5.74, 6) is 0.333. The first-order valence-electron chi connectivity index (χ1n) is 11.1. The van der Waals surface area contributed by atoms with Gasteiger partial charge in [0.05, 0.1) is 11.7 Å². The Hall–Kier alpha value is -3.78. The van der Waals surface area contributed by atoms with Gasteiger partial charge in [-0.3, -0.25) is 9.48 Å². The summed E-state index contributed by atoms with van der Waals surface area (Å²) in [4.78, 5) is 23.8. The quantitative estimate of drug-likeness (QED) is 0.492. The Morgan fingerprint density at radius 1 is 1.06 bits per heavy atom. The molecule has 33 heavy (non-hydrogen) atoms. The number of likely N-dealkylation sites (tertiary alicyclic amines) is 1. The molecule has 0 saturated carbocycles. The summed E-state index contributed by atoms with van der Waals surface area (Å²) < 4.78 is 1.94. The average molecular weight is 442 g/mol. The van der Waals surface area contributed by atoms with Crippen molar-refractivity contribution in [1.82, 2.24) is 30.0 Å². The van der Waals surface area contributed by atoms with E-state index in [9.17, 15) is 4.79 Å². The Morgan fingerprint density at radius 2 is 1.79 bits per heavy atom. The van der Waals surface area contributed by atoms with Crippen LogP contribution in [0.4, 0.5) is 5.82 Å². The zero-order valence-corrected chi connectivity index (χ0v) is 19.0. The van der Waals surface area contributed by atoms with Crippen molar-refractivity contribution in [3.63, 3.8) is 0 Å². The van der Waals surface area contributed by atoms with Gasteiger partial charge in [-0.1, -0.05) is 24.3 Å². The van der Waals surface area contributed by atoms with Crippen LogP contribution in [0.1, 0.15) is 30.4 Å². The first kappa shape index (κ1) is 21.1. The molecular weight excluding hydrogens is 414 g/mol. The van der Waals surface area contributed by atoms with Gasteiger partial charge in [-0.25, -0.2) is 9.97 Å². The summed E-state index contributed by atoms with van der Waals surface area (Å²) in [5.41, 5.74) is 11.2. The minimum absolute atomic E-state index is 0.0674. The van der Waals surface area contributed by atoms with Gasteiger partial charge >= 0.3 is 0 Å². The molecule has 1 amide bonds. The highest BCUT2D eigenvalue weighted by molar-refractivity contribution is 6.02. The lowest BCUT2D eigenvalue weighted by Gasteiger charge is -2.38. The highest BCUT2D eigenvalue weighted by atomic mass is 16.2. The second kappa shape index (κ2) is 8.29. The molecule has 0 radical (unpaired) electrons. The molecule has 1 fully saturated rings. The van der Waals surface area contributed by atoms with Crippen LogP contribution in [0, 0.1) is 0 Å². The van der Waals surface area contributed by atoms with Gasteiger partial charge in [0.15, 0.2) is 0 Å². The van der Waals surface area contributed by atoms with Crippen molar-refractivity contribution in [2.75, 3.05) is 25.9 Å². The molecule has 5 rings (SSSR count). The number of amides is 1. The monoisotopic (exact) mass is 441 g/mol. The van der Waals surface area contributed by atoms with Crippen molar-refractivity contribution < 1.29 is 4.79 Å². The second-order valence-corrected chi connectivity index (χ2v) is 8.73. The number of pyridine rings is 2. The van der Waals surface area contributed by atoms with Gasteiger partial charge < -0.3 is 16.0 Å². The fourth-order valence-electron chi connectivity index (χ4n) is 4.07. The van der Waals surface area contributed by atoms with E-state index in [2.05, 4.69) is 41.4 Å². The van der Waals surface area contributed by atoms with E-state index in [4.69, 9.17) is 10.7 Å². The maximum absolute atomic E-state index is 12.9. The molecule has 0 atom stereocenters. The first-order valence-corrected chi connectivity index (χ1v) is 11.1. The number of likely N-dealkylation sites (N-methyl/N-ethyl adjacent to an activating group) is 1. The van der Waals surface area contributed by atoms with E-state index in [1.54, 1.807) is 17.2 Å². The number of aromatic nitrogens is 4. The topological polar surface area (TPSA) is 102 Å². The number of nitrogens with zero attached hydrogens (tertiary/aromatic N) is 5. The highest BCUT2D eigenvalue weighted by Crippen LogP contribution is 2.31. The van der Waals surface area contributed by atoms with Crippen LogP contribution in [0.3, 0.4) is 0 Å². The molecule has 8 heteroatoms. The van der Waals surface area contributed by atoms with Crippen molar-refractivity contribution in [3.05, 3.63) is 60.7 Å². The molecule has 1 aliphatic rings. The Bertz CT molecular complexity index is 1320. The Kier molecular flexibility index (Phi) is 5.30. The molecule has 1 saturated heterocycles. The van der Waals surface area contributed by atoms with E-state index in [1.165, 1.54) is 0 Å². The molecule has 1 aliphatic heterocycles. The van der Waals surface area contributed by atoms with Gasteiger partial charge in [-0.15, -0.1) is 0 Å². The van der Waals surface area contributed by atoms with E-state index in [0.717, 1.165) is 27.6 Å². The van der Waals surface area contributed by atoms with E-state index >= 15 is 0 Å². The summed E-state index contributed by atoms with van der Waals surface area (Å²) in [6.07, 6.45) is 5.65. The van der Waals surface area contributed by atoms with Crippen LogP contribution >= 0.6 is 0 Å². The van der Waals surface area contributed by atoms with Crippen LogP contribution in [0.5, 0.6) is 0 Å². The number of nitrogens with one attached hydrogen (secondary N) is 1. The van der Waals surface area contributed by atoms with Crippen LogP contribution in [-0.4, -0.2) is 56.7 Å². The van der Waals surface area contributed by atoms with Crippen LogP contribution in [0.25, 0.3) is 33.2 Å². The summed E-state index contributed by atoms with van der Waals surface area (Å²) in [6.45, 7) is 5.59. The van der Waals surface area contributed by atoms with Crippen molar-refractivity contribution >= 4 is 22.6 Å². The first-order chi connectivity index (χ1) is 15.9. The lowest BCUT2D eigenvalue weighted by atomic mass is 10.0. The molecule has 4 aromatic rings. The van der Waals surface area contributed by atoms with Crippen molar-refractivity contribution in [2.45, 2.75) is 25.9 Å². The number of anilines is 1. The largest absolute Gasteiger partial charge is 0.383 e. The Balaban J connectivity index is 1.49. The summed E-state index contributed by atoms with van der Waals surface area (Å²) in [5, 5.41) is 8.35. The normalized spacial score (nSPS) is 14.1. The Morgan fingerprint density at radius 3 is 2.45 bits per heavy atom. The molecule has 3 aromatic heterocycles. The number of rotatable bonds is 5. The number of carbonyl (C=O) groups is 1. The zero-order valence-electron chi connectivity index (χ0n) is 19.0. The van der Waals surface area contributed by atoms with Crippen LogP contribution in [-0.2, 0) is 0 Å². The van der Waals surface area contributed by atoms with Gasteiger partial charge in [0.25, 0.3) is 5.91 Å². The third-order valence-electron chi connectivity index (χ3n) is 6.22. The number of fused-ring (bicyclic) bond motifs is 1. The van der Waals surface area contributed by atoms with E-state index in [1.807, 2.05) is 42.3 Å². The van der Waals surface area contributed by atoms with Gasteiger partial charge in [0.1, 0.15) is 11.5 Å². The second-order valence-electron chi connectivity index (χ2n) is 8.73. The zero-order chi connectivity index (χ0) is 23.1. The van der Waals surface area contributed by atoms with E-state index in [-0.39, 0.29) is 5.91 Å². The minimum Gasteiger partial charge on any atom is -0.383 e. The standard InChI is InChI=1S/C25H27N7O/c1-15(2)32-12-18(10-29-32)16-4-6-17(7-5-16)21-11-28-24(26)20-8-9-22(30-23(20)21)25(33)31-13-19(14-31)27-3/h4-12,15,19,27H,13-14H2,1-3H3,(H2,26,28). The molecule has 3 N–H and O–H groups in total. The van der Waals surface area contributed by atoms with Gasteiger partial charge in [-0.2, -0.15) is 5.10 Å². The highest BCUT2D eigenvalue weighted by Gasteiger charge is 2.30. The predicted molar refractivity (Wildman–Crippen MR) is 130 cm³/mol. The fourth-order valence-corrected chi connectivity index (χ4v) is 4.07. The molecule has 8 nitrogen and oxygen atoms in total. The van der Waals surface area contributed by atoms with Gasteiger partial charge in [-0.05, 0) is 44.2 Å². The number of benzene rings is 1. The van der Waals surface area contributed by atoms with Crippen molar-refractivity contribution in [2.24, 2.45) is 0 Å². The molecule has 0 bridgehead atoms. The Labute approximate surface area is 192 Å². The third kappa shape index (κ3) is 3.82. The molecule has 0 spiro atoms. The molecule has 0 unspecified atom stereocenters. The SMILES string of the molecule is CNC1CN(C(=O)c2ccc3c(N)ncc(-c4ccc(-c5cnn(C(C)C)c5)cc4)c3n2)C1. The summed E-state index contributed by atoms with van der Waals surface area (Å²) >= 11 is 0.